The fraction of sp³-hybridized carbons (Fsp3) is 0.588. The number of carbonyl (C=O) groups excluding carboxylic acids is 1. The Balaban J connectivity index is 1.77. The molecule has 0 saturated heterocycles. The lowest BCUT2D eigenvalue weighted by Crippen LogP contribution is -2.47. The van der Waals surface area contributed by atoms with E-state index in [1.54, 1.807) is 0 Å². The Morgan fingerprint density at radius 1 is 1.38 bits per heavy atom. The minimum absolute atomic E-state index is 0.0135. The molecule has 3 unspecified atom stereocenters. The highest BCUT2D eigenvalue weighted by molar-refractivity contribution is 7.99. The van der Waals surface area contributed by atoms with Crippen molar-refractivity contribution in [3.8, 4) is 0 Å². The number of aryl methyl sites for hydroxylation is 1. The Bertz CT molecular complexity index is 438. The largest absolute Gasteiger partial charge is 0.351 e. The van der Waals surface area contributed by atoms with Gasteiger partial charge in [-0.25, -0.2) is 0 Å². The third kappa shape index (κ3) is 5.04. The van der Waals surface area contributed by atoms with Crippen LogP contribution in [0.3, 0.4) is 0 Å². The molecule has 1 aromatic carbocycles. The molecule has 0 spiro atoms. The quantitative estimate of drug-likeness (QED) is 0.814. The summed E-state index contributed by atoms with van der Waals surface area (Å²) in [7, 11) is 0. The van der Waals surface area contributed by atoms with Crippen molar-refractivity contribution < 1.29 is 4.79 Å². The Kier molecular flexibility index (Phi) is 6.58. The van der Waals surface area contributed by atoms with Crippen LogP contribution in [0.5, 0.6) is 0 Å². The molecule has 1 saturated carbocycles. The number of carbonyl (C=O) groups is 1. The normalized spacial score (nSPS) is 23.0. The average Bonchev–Trinajstić information content (AvgIpc) is 2.93. The van der Waals surface area contributed by atoms with E-state index in [0.29, 0.717) is 17.7 Å². The fourth-order valence-corrected chi connectivity index (χ4v) is 4.09. The van der Waals surface area contributed by atoms with E-state index in [2.05, 4.69) is 24.4 Å². The van der Waals surface area contributed by atoms with Gasteiger partial charge in [0, 0.05) is 11.3 Å². The van der Waals surface area contributed by atoms with Gasteiger partial charge in [-0.15, -0.1) is 0 Å². The zero-order valence-corrected chi connectivity index (χ0v) is 13.6. The van der Waals surface area contributed by atoms with E-state index < -0.39 is 6.04 Å². The third-order valence-electron chi connectivity index (χ3n) is 4.08. The first-order chi connectivity index (χ1) is 10.2. The van der Waals surface area contributed by atoms with Crippen molar-refractivity contribution in [2.24, 2.45) is 5.73 Å². The van der Waals surface area contributed by atoms with Gasteiger partial charge in [-0.05, 0) is 37.0 Å². The number of thioether (sulfide) groups is 1. The maximum Gasteiger partial charge on any atom is 0.237 e. The zero-order chi connectivity index (χ0) is 15.1. The van der Waals surface area contributed by atoms with E-state index in [4.69, 9.17) is 5.73 Å². The van der Waals surface area contributed by atoms with Crippen molar-refractivity contribution in [2.45, 2.75) is 56.4 Å². The number of hydrogen-bond donors (Lipinski definition) is 2. The molecule has 21 heavy (non-hydrogen) atoms. The molecule has 3 nitrogen and oxygen atoms in total. The summed E-state index contributed by atoms with van der Waals surface area (Å²) in [5, 5.41) is 3.73. The second-order valence-corrected chi connectivity index (χ2v) is 7.19. The van der Waals surface area contributed by atoms with E-state index in [1.165, 1.54) is 18.4 Å². The number of amides is 1. The van der Waals surface area contributed by atoms with Gasteiger partial charge in [0.25, 0.3) is 0 Å². The van der Waals surface area contributed by atoms with E-state index in [-0.39, 0.29) is 5.91 Å². The summed E-state index contributed by atoms with van der Waals surface area (Å²) in [4.78, 5) is 12.2. The molecule has 116 valence electrons. The SMILES string of the molecule is CCSC1CCCC1NC(=O)C(N)CCc1ccccc1. The first-order valence-corrected chi connectivity index (χ1v) is 8.97. The van der Waals surface area contributed by atoms with E-state index in [1.807, 2.05) is 30.0 Å². The van der Waals surface area contributed by atoms with Crippen molar-refractivity contribution in [3.05, 3.63) is 35.9 Å². The first kappa shape index (κ1) is 16.4. The van der Waals surface area contributed by atoms with Gasteiger partial charge in [0.2, 0.25) is 5.91 Å². The summed E-state index contributed by atoms with van der Waals surface area (Å²) in [6.07, 6.45) is 5.07. The minimum atomic E-state index is -0.405. The molecule has 1 fully saturated rings. The fourth-order valence-electron chi connectivity index (χ4n) is 2.89. The van der Waals surface area contributed by atoms with Crippen molar-refractivity contribution in [1.82, 2.24) is 5.32 Å². The highest BCUT2D eigenvalue weighted by Gasteiger charge is 2.29. The summed E-state index contributed by atoms with van der Waals surface area (Å²) in [6, 6.07) is 10.1. The van der Waals surface area contributed by atoms with Crippen molar-refractivity contribution in [1.29, 1.82) is 0 Å². The maximum atomic E-state index is 12.2. The Morgan fingerprint density at radius 3 is 2.86 bits per heavy atom. The standard InChI is InChI=1S/C17H26N2OS/c1-2-21-16-10-6-9-15(16)19-17(20)14(18)12-11-13-7-4-3-5-8-13/h3-5,7-8,14-16H,2,6,9-12,18H2,1H3,(H,19,20). The summed E-state index contributed by atoms with van der Waals surface area (Å²) < 4.78 is 0. The molecule has 1 aliphatic carbocycles. The predicted octanol–water partition coefficient (Wildman–Crippen LogP) is 2.74. The van der Waals surface area contributed by atoms with Gasteiger partial charge in [0.05, 0.1) is 6.04 Å². The number of nitrogens with one attached hydrogen (secondary N) is 1. The molecule has 3 atom stereocenters. The van der Waals surface area contributed by atoms with Gasteiger partial charge >= 0.3 is 0 Å². The van der Waals surface area contributed by atoms with Crippen molar-refractivity contribution in [3.63, 3.8) is 0 Å². The number of benzene rings is 1. The van der Waals surface area contributed by atoms with Crippen LogP contribution >= 0.6 is 11.8 Å². The number of rotatable bonds is 7. The van der Waals surface area contributed by atoms with Crippen LogP contribution in [0.15, 0.2) is 30.3 Å². The molecule has 0 aliphatic heterocycles. The summed E-state index contributed by atoms with van der Waals surface area (Å²) >= 11 is 1.96. The predicted molar refractivity (Wildman–Crippen MR) is 90.4 cm³/mol. The van der Waals surface area contributed by atoms with Gasteiger partial charge in [-0.3, -0.25) is 4.79 Å². The van der Waals surface area contributed by atoms with Crippen LogP contribution in [0.25, 0.3) is 0 Å². The lowest BCUT2D eigenvalue weighted by atomic mass is 10.0. The van der Waals surface area contributed by atoms with Gasteiger partial charge in [0.15, 0.2) is 0 Å². The van der Waals surface area contributed by atoms with Crippen molar-refractivity contribution in [2.75, 3.05) is 5.75 Å². The molecule has 0 aromatic heterocycles. The van der Waals surface area contributed by atoms with Crippen LogP contribution in [0.4, 0.5) is 0 Å². The molecule has 0 bridgehead atoms. The molecule has 3 N–H and O–H groups in total. The average molecular weight is 306 g/mol. The van der Waals surface area contributed by atoms with Crippen LogP contribution in [0.1, 0.15) is 38.2 Å². The molecule has 1 amide bonds. The third-order valence-corrected chi connectivity index (χ3v) is 5.41. The lowest BCUT2D eigenvalue weighted by Gasteiger charge is -2.22. The second kappa shape index (κ2) is 8.44. The van der Waals surface area contributed by atoms with Gasteiger partial charge in [0.1, 0.15) is 0 Å². The Labute approximate surface area is 132 Å². The van der Waals surface area contributed by atoms with Crippen LogP contribution < -0.4 is 11.1 Å². The smallest absolute Gasteiger partial charge is 0.237 e. The summed E-state index contributed by atoms with van der Waals surface area (Å²) in [5.74, 6) is 1.12. The second-order valence-electron chi connectivity index (χ2n) is 5.67. The first-order valence-electron chi connectivity index (χ1n) is 7.92. The molecular weight excluding hydrogens is 280 g/mol. The number of nitrogens with two attached hydrogens (primary N) is 1. The molecule has 2 rings (SSSR count). The van der Waals surface area contributed by atoms with Gasteiger partial charge < -0.3 is 11.1 Å². The topological polar surface area (TPSA) is 55.1 Å². The van der Waals surface area contributed by atoms with Crippen molar-refractivity contribution >= 4 is 17.7 Å². The minimum Gasteiger partial charge on any atom is -0.351 e. The van der Waals surface area contributed by atoms with Crippen LogP contribution in [-0.2, 0) is 11.2 Å². The molecule has 0 heterocycles. The monoisotopic (exact) mass is 306 g/mol. The highest BCUT2D eigenvalue weighted by atomic mass is 32.2. The van der Waals surface area contributed by atoms with E-state index in [0.717, 1.165) is 18.6 Å². The summed E-state index contributed by atoms with van der Waals surface area (Å²) in [6.45, 7) is 2.17. The zero-order valence-electron chi connectivity index (χ0n) is 12.8. The lowest BCUT2D eigenvalue weighted by molar-refractivity contribution is -0.123. The Hall–Kier alpha value is -1.00. The van der Waals surface area contributed by atoms with Crippen LogP contribution in [0, 0.1) is 0 Å². The molecular formula is C17H26N2OS. The molecule has 0 radical (unpaired) electrons. The molecule has 1 aliphatic rings. The van der Waals surface area contributed by atoms with Crippen LogP contribution in [-0.4, -0.2) is 29.0 Å². The van der Waals surface area contributed by atoms with Gasteiger partial charge in [-0.2, -0.15) is 11.8 Å². The van der Waals surface area contributed by atoms with Crippen LogP contribution in [0.2, 0.25) is 0 Å². The van der Waals surface area contributed by atoms with E-state index in [9.17, 15) is 4.79 Å². The number of hydrogen-bond acceptors (Lipinski definition) is 3. The van der Waals surface area contributed by atoms with Gasteiger partial charge in [-0.1, -0.05) is 43.7 Å². The Morgan fingerprint density at radius 2 is 2.14 bits per heavy atom. The summed E-state index contributed by atoms with van der Waals surface area (Å²) in [5.41, 5.74) is 7.28. The molecule has 1 aromatic rings. The van der Waals surface area contributed by atoms with E-state index >= 15 is 0 Å². The maximum absolute atomic E-state index is 12.2. The highest BCUT2D eigenvalue weighted by Crippen LogP contribution is 2.29. The molecule has 4 heteroatoms.